The number of anilines is 1. The highest BCUT2D eigenvalue weighted by atomic mass is 19.1. The van der Waals surface area contributed by atoms with Gasteiger partial charge in [0.2, 0.25) is 0 Å². The normalized spacial score (nSPS) is 10.3. The first-order chi connectivity index (χ1) is 6.31. The van der Waals surface area contributed by atoms with Gasteiger partial charge < -0.3 is 5.32 Å². The molecule has 2 nitrogen and oxygen atoms in total. The van der Waals surface area contributed by atoms with Crippen LogP contribution >= 0.6 is 0 Å². The number of rotatable bonds is 1. The number of fused-ring (bicyclic) bond motifs is 1. The highest BCUT2D eigenvalue weighted by Crippen LogP contribution is 2.17. The minimum Gasteiger partial charge on any atom is -0.373 e. The van der Waals surface area contributed by atoms with E-state index in [1.807, 2.05) is 18.2 Å². The zero-order valence-electron chi connectivity index (χ0n) is 7.21. The van der Waals surface area contributed by atoms with E-state index in [2.05, 4.69) is 10.3 Å². The van der Waals surface area contributed by atoms with E-state index in [0.29, 0.717) is 11.3 Å². The zero-order chi connectivity index (χ0) is 9.26. The van der Waals surface area contributed by atoms with E-state index in [-0.39, 0.29) is 5.82 Å². The minimum atomic E-state index is -0.283. The van der Waals surface area contributed by atoms with Crippen molar-refractivity contribution in [1.29, 1.82) is 0 Å². The fourth-order valence-electron chi connectivity index (χ4n) is 1.25. The molecule has 66 valence electrons. The van der Waals surface area contributed by atoms with Crippen molar-refractivity contribution in [3.05, 3.63) is 36.1 Å². The molecule has 1 aromatic carbocycles. The van der Waals surface area contributed by atoms with Gasteiger partial charge in [0.05, 0.1) is 0 Å². The summed E-state index contributed by atoms with van der Waals surface area (Å²) in [6.07, 6.45) is 0. The lowest BCUT2D eigenvalue weighted by atomic mass is 10.2. The molecule has 0 bridgehead atoms. The quantitative estimate of drug-likeness (QED) is 0.721. The summed E-state index contributed by atoms with van der Waals surface area (Å²) >= 11 is 0. The lowest BCUT2D eigenvalue weighted by Crippen LogP contribution is -1.93. The summed E-state index contributed by atoms with van der Waals surface area (Å²) in [5.41, 5.74) is 0.411. The fraction of sp³-hybridized carbons (Fsp3) is 0.100. The van der Waals surface area contributed by atoms with Crippen LogP contribution in [0, 0.1) is 5.82 Å². The molecule has 0 fully saturated rings. The molecule has 13 heavy (non-hydrogen) atoms. The Labute approximate surface area is 75.4 Å². The average molecular weight is 176 g/mol. The second-order valence-corrected chi connectivity index (χ2v) is 2.76. The van der Waals surface area contributed by atoms with Gasteiger partial charge in [-0.2, -0.15) is 0 Å². The molecule has 0 aliphatic carbocycles. The van der Waals surface area contributed by atoms with Gasteiger partial charge in [0.15, 0.2) is 0 Å². The van der Waals surface area contributed by atoms with Crippen molar-refractivity contribution in [3.8, 4) is 0 Å². The van der Waals surface area contributed by atoms with Gasteiger partial charge in [-0.05, 0) is 18.2 Å². The van der Waals surface area contributed by atoms with Crippen molar-refractivity contribution in [1.82, 2.24) is 4.98 Å². The maximum atomic E-state index is 13.2. The summed E-state index contributed by atoms with van der Waals surface area (Å²) < 4.78 is 13.2. The fourth-order valence-corrected chi connectivity index (χ4v) is 1.25. The Balaban J connectivity index is 2.74. The van der Waals surface area contributed by atoms with Crippen LogP contribution in [0.1, 0.15) is 0 Å². The van der Waals surface area contributed by atoms with Gasteiger partial charge in [0.1, 0.15) is 17.2 Å². The molecule has 0 aliphatic rings. The second kappa shape index (κ2) is 3.01. The van der Waals surface area contributed by atoms with Crippen molar-refractivity contribution in [2.24, 2.45) is 0 Å². The molecule has 1 N–H and O–H groups in total. The van der Waals surface area contributed by atoms with Gasteiger partial charge in [-0.25, -0.2) is 9.37 Å². The molecule has 2 rings (SSSR count). The number of halogens is 1. The molecular formula is C10H9FN2. The summed E-state index contributed by atoms with van der Waals surface area (Å²) in [6.45, 7) is 0. The minimum absolute atomic E-state index is 0.283. The molecule has 0 spiro atoms. The van der Waals surface area contributed by atoms with Crippen molar-refractivity contribution in [2.75, 3.05) is 12.4 Å². The topological polar surface area (TPSA) is 24.9 Å². The van der Waals surface area contributed by atoms with Crippen LogP contribution in [0.25, 0.3) is 10.9 Å². The number of pyridine rings is 1. The number of aromatic nitrogens is 1. The molecule has 2 aromatic rings. The summed E-state index contributed by atoms with van der Waals surface area (Å²) in [6, 6.07) is 8.59. The molecule has 0 unspecified atom stereocenters. The Hall–Kier alpha value is -1.64. The van der Waals surface area contributed by atoms with Crippen molar-refractivity contribution in [2.45, 2.75) is 0 Å². The van der Waals surface area contributed by atoms with E-state index >= 15 is 0 Å². The van der Waals surface area contributed by atoms with Gasteiger partial charge in [-0.15, -0.1) is 0 Å². The first kappa shape index (κ1) is 7.98. The monoisotopic (exact) mass is 176 g/mol. The van der Waals surface area contributed by atoms with E-state index in [9.17, 15) is 4.39 Å². The Morgan fingerprint density at radius 3 is 2.85 bits per heavy atom. The van der Waals surface area contributed by atoms with Gasteiger partial charge in [-0.3, -0.25) is 0 Å². The third kappa shape index (κ3) is 1.33. The number of hydrogen-bond acceptors (Lipinski definition) is 2. The van der Waals surface area contributed by atoms with E-state index < -0.39 is 0 Å². The lowest BCUT2D eigenvalue weighted by Gasteiger charge is -2.01. The predicted octanol–water partition coefficient (Wildman–Crippen LogP) is 2.42. The summed E-state index contributed by atoms with van der Waals surface area (Å²) in [4.78, 5) is 4.11. The van der Waals surface area contributed by atoms with E-state index in [4.69, 9.17) is 0 Å². The summed E-state index contributed by atoms with van der Waals surface area (Å²) in [5, 5.41) is 3.69. The van der Waals surface area contributed by atoms with Crippen molar-refractivity contribution < 1.29 is 4.39 Å². The first-order valence-electron chi connectivity index (χ1n) is 4.04. The largest absolute Gasteiger partial charge is 0.373 e. The molecular weight excluding hydrogens is 167 g/mol. The molecule has 0 saturated heterocycles. The standard InChI is InChI=1S/C10H9FN2/c1-12-9-6-5-7-3-2-4-8(11)10(7)13-9/h2-6H,1H3,(H,12,13). The van der Waals surface area contributed by atoms with Crippen molar-refractivity contribution >= 4 is 16.7 Å². The number of nitrogens with one attached hydrogen (secondary N) is 1. The third-order valence-corrected chi connectivity index (χ3v) is 1.93. The SMILES string of the molecule is CNc1ccc2cccc(F)c2n1. The molecule has 1 heterocycles. The Morgan fingerprint density at radius 2 is 2.08 bits per heavy atom. The number of para-hydroxylation sites is 1. The van der Waals surface area contributed by atoms with Crippen LogP contribution in [0.4, 0.5) is 10.2 Å². The second-order valence-electron chi connectivity index (χ2n) is 2.76. The smallest absolute Gasteiger partial charge is 0.149 e. The molecule has 0 aliphatic heterocycles. The van der Waals surface area contributed by atoms with Crippen LogP contribution < -0.4 is 5.32 Å². The van der Waals surface area contributed by atoms with Crippen LogP contribution in [0.3, 0.4) is 0 Å². The van der Waals surface area contributed by atoms with Crippen LogP contribution in [-0.4, -0.2) is 12.0 Å². The maximum absolute atomic E-state index is 13.2. The average Bonchev–Trinajstić information content (AvgIpc) is 2.18. The third-order valence-electron chi connectivity index (χ3n) is 1.93. The van der Waals surface area contributed by atoms with E-state index in [1.165, 1.54) is 6.07 Å². The Morgan fingerprint density at radius 1 is 1.23 bits per heavy atom. The van der Waals surface area contributed by atoms with Gasteiger partial charge in [0.25, 0.3) is 0 Å². The molecule has 1 aromatic heterocycles. The summed E-state index contributed by atoms with van der Waals surface area (Å²) in [7, 11) is 1.76. The predicted molar refractivity (Wildman–Crippen MR) is 51.2 cm³/mol. The molecule has 0 saturated carbocycles. The summed E-state index contributed by atoms with van der Waals surface area (Å²) in [5.74, 6) is 0.396. The molecule has 0 radical (unpaired) electrons. The van der Waals surface area contributed by atoms with Crippen LogP contribution in [0.5, 0.6) is 0 Å². The van der Waals surface area contributed by atoms with Gasteiger partial charge >= 0.3 is 0 Å². The highest BCUT2D eigenvalue weighted by molar-refractivity contribution is 5.80. The first-order valence-corrected chi connectivity index (χ1v) is 4.04. The maximum Gasteiger partial charge on any atom is 0.149 e. The van der Waals surface area contributed by atoms with Crippen LogP contribution in [0.2, 0.25) is 0 Å². The molecule has 3 heteroatoms. The number of hydrogen-bond donors (Lipinski definition) is 1. The van der Waals surface area contributed by atoms with E-state index in [0.717, 1.165) is 5.39 Å². The van der Waals surface area contributed by atoms with Gasteiger partial charge in [0, 0.05) is 12.4 Å². The van der Waals surface area contributed by atoms with E-state index in [1.54, 1.807) is 13.1 Å². The van der Waals surface area contributed by atoms with Crippen LogP contribution in [-0.2, 0) is 0 Å². The number of nitrogens with zero attached hydrogens (tertiary/aromatic N) is 1. The zero-order valence-corrected chi connectivity index (χ0v) is 7.21. The van der Waals surface area contributed by atoms with Gasteiger partial charge in [-0.1, -0.05) is 12.1 Å². The number of benzene rings is 1. The van der Waals surface area contributed by atoms with Crippen molar-refractivity contribution in [3.63, 3.8) is 0 Å². The highest BCUT2D eigenvalue weighted by Gasteiger charge is 2.01. The molecule has 0 amide bonds. The Kier molecular flexibility index (Phi) is 1.85. The Bertz CT molecular complexity index is 440. The molecule has 0 atom stereocenters. The van der Waals surface area contributed by atoms with Crippen LogP contribution in [0.15, 0.2) is 30.3 Å². The lowest BCUT2D eigenvalue weighted by molar-refractivity contribution is 0.637.